The number of para-hydroxylation sites is 1. The zero-order valence-corrected chi connectivity index (χ0v) is 13.9. The quantitative estimate of drug-likeness (QED) is 0.830. The number of aliphatic carboxylic acids is 1. The summed E-state index contributed by atoms with van der Waals surface area (Å²) in [5.41, 5.74) is 0.562. The third kappa shape index (κ3) is 4.43. The lowest BCUT2D eigenvalue weighted by Gasteiger charge is -2.20. The maximum Gasteiger partial charge on any atom is 0.323 e. The second-order valence-corrected chi connectivity index (χ2v) is 6.24. The molecule has 1 fully saturated rings. The summed E-state index contributed by atoms with van der Waals surface area (Å²) in [4.78, 5) is 29.2. The molecule has 7 heteroatoms. The van der Waals surface area contributed by atoms with Crippen molar-refractivity contribution in [1.29, 1.82) is 0 Å². The molecule has 1 heterocycles. The number of nitrogens with zero attached hydrogens (tertiary/aromatic N) is 3. The molecule has 0 atom stereocenters. The van der Waals surface area contributed by atoms with Gasteiger partial charge in [0.25, 0.3) is 0 Å². The van der Waals surface area contributed by atoms with Crippen molar-refractivity contribution in [2.45, 2.75) is 44.4 Å². The molecule has 25 heavy (non-hydrogen) atoms. The second-order valence-electron chi connectivity index (χ2n) is 6.24. The third-order valence-corrected chi connectivity index (χ3v) is 4.42. The number of carbonyl (C=O) groups excluding carboxylic acids is 1. The van der Waals surface area contributed by atoms with E-state index in [1.807, 2.05) is 6.07 Å². The average Bonchev–Trinajstić information content (AvgIpc) is 3.29. The minimum Gasteiger partial charge on any atom is -0.480 e. The fraction of sp³-hybridized carbons (Fsp3) is 0.444. The highest BCUT2D eigenvalue weighted by atomic mass is 16.5. The van der Waals surface area contributed by atoms with Gasteiger partial charge in [-0.05, 0) is 25.0 Å². The summed E-state index contributed by atoms with van der Waals surface area (Å²) in [5, 5.41) is 13.1. The molecule has 0 unspecified atom stereocenters. The Balaban J connectivity index is 1.62. The molecule has 0 aliphatic heterocycles. The number of carboxylic acids is 1. The van der Waals surface area contributed by atoms with Crippen LogP contribution in [0.1, 0.15) is 49.7 Å². The van der Waals surface area contributed by atoms with Crippen LogP contribution in [-0.2, 0) is 16.0 Å². The Morgan fingerprint density at radius 2 is 1.92 bits per heavy atom. The van der Waals surface area contributed by atoms with E-state index in [1.165, 1.54) is 17.7 Å². The molecule has 0 spiro atoms. The molecule has 7 nitrogen and oxygen atoms in total. The molecule has 0 radical (unpaired) electrons. The Kier molecular flexibility index (Phi) is 5.42. The molecule has 1 N–H and O–H groups in total. The van der Waals surface area contributed by atoms with E-state index in [-0.39, 0.29) is 18.9 Å². The molecule has 2 aromatic rings. The summed E-state index contributed by atoms with van der Waals surface area (Å²) in [5.74, 6) is 0.178. The first kappa shape index (κ1) is 17.1. The Labute approximate surface area is 145 Å². The molecule has 1 amide bonds. The van der Waals surface area contributed by atoms with E-state index >= 15 is 0 Å². The smallest absolute Gasteiger partial charge is 0.323 e. The van der Waals surface area contributed by atoms with Crippen molar-refractivity contribution in [3.8, 4) is 0 Å². The number of amides is 1. The lowest BCUT2D eigenvalue weighted by Crippen LogP contribution is -2.35. The molecule has 1 saturated carbocycles. The predicted octanol–water partition coefficient (Wildman–Crippen LogP) is 2.78. The van der Waals surface area contributed by atoms with Gasteiger partial charge in [0.2, 0.25) is 11.8 Å². The fourth-order valence-electron chi connectivity index (χ4n) is 3.13. The van der Waals surface area contributed by atoms with Gasteiger partial charge in [0.05, 0.1) is 0 Å². The van der Waals surface area contributed by atoms with Gasteiger partial charge in [-0.1, -0.05) is 36.2 Å². The van der Waals surface area contributed by atoms with Gasteiger partial charge in [-0.25, -0.2) is 0 Å². The van der Waals surface area contributed by atoms with Crippen LogP contribution in [0, 0.1) is 0 Å². The van der Waals surface area contributed by atoms with Gasteiger partial charge in [0, 0.05) is 24.4 Å². The van der Waals surface area contributed by atoms with Crippen molar-refractivity contribution in [2.75, 3.05) is 11.4 Å². The lowest BCUT2D eigenvalue weighted by molar-refractivity contribution is -0.136. The van der Waals surface area contributed by atoms with Gasteiger partial charge in [-0.2, -0.15) is 4.98 Å². The van der Waals surface area contributed by atoms with Gasteiger partial charge >= 0.3 is 5.97 Å². The fourth-order valence-corrected chi connectivity index (χ4v) is 3.13. The highest BCUT2D eigenvalue weighted by Crippen LogP contribution is 2.32. The van der Waals surface area contributed by atoms with Gasteiger partial charge in [0.15, 0.2) is 5.82 Å². The summed E-state index contributed by atoms with van der Waals surface area (Å²) in [7, 11) is 0. The number of aromatic nitrogens is 2. The summed E-state index contributed by atoms with van der Waals surface area (Å²) >= 11 is 0. The molecule has 1 aromatic carbocycles. The first-order valence-corrected chi connectivity index (χ1v) is 8.53. The Morgan fingerprint density at radius 3 is 2.60 bits per heavy atom. The van der Waals surface area contributed by atoms with Crippen molar-refractivity contribution in [3.63, 3.8) is 0 Å². The van der Waals surface area contributed by atoms with Crippen LogP contribution in [0.3, 0.4) is 0 Å². The van der Waals surface area contributed by atoms with E-state index in [2.05, 4.69) is 10.1 Å². The maximum atomic E-state index is 12.5. The zero-order chi connectivity index (χ0) is 17.6. The maximum absolute atomic E-state index is 12.5. The molecule has 132 valence electrons. The number of aryl methyl sites for hydroxylation is 1. The molecule has 0 bridgehead atoms. The summed E-state index contributed by atoms with van der Waals surface area (Å²) in [6.07, 6.45) is 4.97. The largest absolute Gasteiger partial charge is 0.480 e. The van der Waals surface area contributed by atoms with Gasteiger partial charge in [0.1, 0.15) is 6.54 Å². The summed E-state index contributed by atoms with van der Waals surface area (Å²) in [6.45, 7) is -0.375. The van der Waals surface area contributed by atoms with Gasteiger partial charge < -0.3 is 14.5 Å². The van der Waals surface area contributed by atoms with Gasteiger partial charge in [-0.15, -0.1) is 0 Å². The van der Waals surface area contributed by atoms with Crippen LogP contribution in [0.25, 0.3) is 0 Å². The Bertz CT molecular complexity index is 723. The molecule has 1 aromatic heterocycles. The van der Waals surface area contributed by atoms with Crippen molar-refractivity contribution < 1.29 is 19.2 Å². The van der Waals surface area contributed by atoms with Crippen molar-refractivity contribution in [3.05, 3.63) is 42.0 Å². The monoisotopic (exact) mass is 343 g/mol. The molecular formula is C18H21N3O4. The van der Waals surface area contributed by atoms with Crippen LogP contribution in [0.15, 0.2) is 34.9 Å². The minimum absolute atomic E-state index is 0.120. The molecular weight excluding hydrogens is 322 g/mol. The number of carboxylic acid groups (broad SMARTS) is 1. The van der Waals surface area contributed by atoms with Crippen LogP contribution in [0.5, 0.6) is 0 Å². The van der Waals surface area contributed by atoms with Crippen LogP contribution in [0.2, 0.25) is 0 Å². The Hall–Kier alpha value is -2.70. The normalized spacial score (nSPS) is 14.6. The highest BCUT2D eigenvalue weighted by molar-refractivity contribution is 5.97. The number of hydrogen-bond donors (Lipinski definition) is 1. The minimum atomic E-state index is -1.06. The highest BCUT2D eigenvalue weighted by Gasteiger charge is 2.23. The molecule has 1 aliphatic rings. The van der Waals surface area contributed by atoms with Crippen molar-refractivity contribution in [1.82, 2.24) is 10.1 Å². The Morgan fingerprint density at radius 1 is 1.20 bits per heavy atom. The topological polar surface area (TPSA) is 96.5 Å². The van der Waals surface area contributed by atoms with Crippen LogP contribution >= 0.6 is 0 Å². The van der Waals surface area contributed by atoms with Crippen molar-refractivity contribution >= 4 is 17.6 Å². The van der Waals surface area contributed by atoms with E-state index in [9.17, 15) is 9.59 Å². The predicted molar refractivity (Wildman–Crippen MR) is 90.3 cm³/mol. The van der Waals surface area contributed by atoms with Crippen LogP contribution in [-0.4, -0.2) is 33.7 Å². The lowest BCUT2D eigenvalue weighted by atomic mass is 10.1. The van der Waals surface area contributed by atoms with Gasteiger partial charge in [-0.3, -0.25) is 9.59 Å². The summed E-state index contributed by atoms with van der Waals surface area (Å²) in [6, 6.07) is 8.78. The number of carbonyl (C=O) groups is 2. The number of benzene rings is 1. The van der Waals surface area contributed by atoms with E-state index in [0.29, 0.717) is 23.9 Å². The van der Waals surface area contributed by atoms with E-state index in [0.717, 1.165) is 18.7 Å². The standard InChI is InChI=1S/C18H21N3O4/c22-16(21(12-17(23)24)14-8-2-1-3-9-14)11-10-15-19-18(20-25-15)13-6-4-5-7-13/h1-3,8-9,13H,4-7,10-12H2,(H,23,24). The number of rotatable bonds is 7. The van der Waals surface area contributed by atoms with Crippen molar-refractivity contribution in [2.24, 2.45) is 0 Å². The first-order chi connectivity index (χ1) is 12.1. The molecule has 0 saturated heterocycles. The van der Waals surface area contributed by atoms with E-state index < -0.39 is 5.97 Å². The molecule has 1 aliphatic carbocycles. The first-order valence-electron chi connectivity index (χ1n) is 8.53. The third-order valence-electron chi connectivity index (χ3n) is 4.42. The zero-order valence-electron chi connectivity index (χ0n) is 13.9. The van der Waals surface area contributed by atoms with E-state index in [1.54, 1.807) is 24.3 Å². The number of hydrogen-bond acceptors (Lipinski definition) is 5. The second kappa shape index (κ2) is 7.92. The molecule has 3 rings (SSSR count). The average molecular weight is 343 g/mol. The SMILES string of the molecule is O=C(O)CN(C(=O)CCc1nc(C2CCCC2)no1)c1ccccc1. The van der Waals surface area contributed by atoms with E-state index in [4.69, 9.17) is 9.63 Å². The number of anilines is 1. The summed E-state index contributed by atoms with van der Waals surface area (Å²) < 4.78 is 5.25. The van der Waals surface area contributed by atoms with Crippen LogP contribution in [0.4, 0.5) is 5.69 Å². The van der Waals surface area contributed by atoms with Crippen LogP contribution < -0.4 is 4.90 Å².